The lowest BCUT2D eigenvalue weighted by Gasteiger charge is -2.03. The maximum Gasteiger partial charge on any atom is 0.292 e. The monoisotopic (exact) mass is 456 g/mol. The average molecular weight is 457 g/mol. The minimum Gasteiger partial charge on any atom is -0.388 e. The minimum absolute atomic E-state index is 0.535. The summed E-state index contributed by atoms with van der Waals surface area (Å²) in [7, 11) is 0. The SMILES string of the molecule is N#COc1ccc(Cc2ccc(N=C=Nc3ccc(Cc4ccc(OC#N)cc4)cc3)cc2)cc1. The van der Waals surface area contributed by atoms with Crippen LogP contribution in [0.1, 0.15) is 22.3 Å². The Balaban J connectivity index is 1.32. The minimum atomic E-state index is 0.535. The first kappa shape index (κ1) is 23.0. The molecule has 0 aromatic heterocycles. The Morgan fingerprint density at radius 2 is 0.800 bits per heavy atom. The second-order valence-electron chi connectivity index (χ2n) is 7.68. The maximum atomic E-state index is 8.55. The highest BCUT2D eigenvalue weighted by Gasteiger charge is 2.00. The first-order valence-electron chi connectivity index (χ1n) is 10.9. The molecule has 0 atom stereocenters. The van der Waals surface area contributed by atoms with Crippen LogP contribution in [0.25, 0.3) is 0 Å². The number of rotatable bonds is 8. The van der Waals surface area contributed by atoms with Crippen molar-refractivity contribution in [1.82, 2.24) is 0 Å². The van der Waals surface area contributed by atoms with Crippen LogP contribution in [-0.4, -0.2) is 6.01 Å². The molecule has 4 aromatic rings. The molecule has 0 fully saturated rings. The molecule has 35 heavy (non-hydrogen) atoms. The summed E-state index contributed by atoms with van der Waals surface area (Å²) < 4.78 is 9.60. The van der Waals surface area contributed by atoms with Gasteiger partial charge >= 0.3 is 0 Å². The summed E-state index contributed by atoms with van der Waals surface area (Å²) >= 11 is 0. The Morgan fingerprint density at radius 3 is 1.11 bits per heavy atom. The third-order valence-corrected chi connectivity index (χ3v) is 5.22. The van der Waals surface area contributed by atoms with E-state index >= 15 is 0 Å². The van der Waals surface area contributed by atoms with Gasteiger partial charge < -0.3 is 9.47 Å². The molecule has 0 aliphatic carbocycles. The van der Waals surface area contributed by atoms with Crippen molar-refractivity contribution in [3.05, 3.63) is 119 Å². The Kier molecular flexibility index (Phi) is 7.65. The van der Waals surface area contributed by atoms with Crippen LogP contribution in [-0.2, 0) is 12.8 Å². The zero-order valence-electron chi connectivity index (χ0n) is 18.8. The van der Waals surface area contributed by atoms with Crippen molar-refractivity contribution in [3.8, 4) is 24.0 Å². The number of hydrogen-bond acceptors (Lipinski definition) is 6. The molecule has 0 N–H and O–H groups in total. The van der Waals surface area contributed by atoms with E-state index in [1.807, 2.05) is 72.8 Å². The summed E-state index contributed by atoms with van der Waals surface area (Å²) in [5.74, 6) is 1.07. The zero-order valence-corrected chi connectivity index (χ0v) is 18.8. The Hall–Kier alpha value is -5.16. The molecular weight excluding hydrogens is 436 g/mol. The third kappa shape index (κ3) is 6.91. The van der Waals surface area contributed by atoms with Gasteiger partial charge in [-0.3, -0.25) is 0 Å². The normalized spacial score (nSPS) is 9.77. The van der Waals surface area contributed by atoms with E-state index in [2.05, 4.69) is 16.0 Å². The molecular formula is C29H20N4O2. The number of nitrogens with zero attached hydrogens (tertiary/aromatic N) is 4. The van der Waals surface area contributed by atoms with Crippen LogP contribution >= 0.6 is 0 Å². The Bertz CT molecular complexity index is 1300. The van der Waals surface area contributed by atoms with Crippen LogP contribution in [0, 0.1) is 23.0 Å². The van der Waals surface area contributed by atoms with E-state index in [1.165, 1.54) is 0 Å². The zero-order chi connectivity index (χ0) is 24.3. The fourth-order valence-corrected chi connectivity index (χ4v) is 3.44. The Labute approximate surface area is 203 Å². The standard InChI is InChI=1S/C29H20N4O2/c30-19-34-28-13-5-24(6-14-28)17-22-1-9-26(10-2-22)32-21-33-27-11-3-23(4-12-27)18-25-7-15-29(16-8-25)35-20-31/h1-16H,17-18H2. The molecule has 4 rings (SSSR count). The molecule has 6 heteroatoms. The van der Waals surface area contributed by atoms with Crippen molar-refractivity contribution in [2.75, 3.05) is 0 Å². The van der Waals surface area contributed by atoms with Gasteiger partial charge in [0.1, 0.15) is 17.5 Å². The van der Waals surface area contributed by atoms with Crippen molar-refractivity contribution in [3.63, 3.8) is 0 Å². The van der Waals surface area contributed by atoms with E-state index in [-0.39, 0.29) is 0 Å². The van der Waals surface area contributed by atoms with Gasteiger partial charge in [-0.2, -0.15) is 9.98 Å². The average Bonchev–Trinajstić information content (AvgIpc) is 2.89. The molecule has 0 spiro atoms. The van der Waals surface area contributed by atoms with Crippen molar-refractivity contribution < 1.29 is 9.47 Å². The summed E-state index contributed by atoms with van der Waals surface area (Å²) in [5, 5.41) is 17.1. The van der Waals surface area contributed by atoms with Gasteiger partial charge in [-0.25, -0.2) is 0 Å². The lowest BCUT2D eigenvalue weighted by Crippen LogP contribution is -1.88. The number of aliphatic imine (C=N–C) groups is 2. The van der Waals surface area contributed by atoms with E-state index in [0.717, 1.165) is 46.5 Å². The summed E-state index contributed by atoms with van der Waals surface area (Å²) in [4.78, 5) is 8.59. The summed E-state index contributed by atoms with van der Waals surface area (Å²) in [6, 6.07) is 33.5. The molecule has 0 aliphatic rings. The molecule has 6 nitrogen and oxygen atoms in total. The van der Waals surface area contributed by atoms with Crippen LogP contribution in [0.15, 0.2) is 107 Å². The molecule has 0 unspecified atom stereocenters. The van der Waals surface area contributed by atoms with Crippen LogP contribution in [0.5, 0.6) is 11.5 Å². The van der Waals surface area contributed by atoms with Gasteiger partial charge in [0.05, 0.1) is 11.4 Å². The molecule has 0 saturated carbocycles. The van der Waals surface area contributed by atoms with Crippen LogP contribution in [0.2, 0.25) is 0 Å². The van der Waals surface area contributed by atoms with Crippen LogP contribution in [0.4, 0.5) is 11.4 Å². The molecule has 0 saturated heterocycles. The van der Waals surface area contributed by atoms with Gasteiger partial charge in [0.15, 0.2) is 0 Å². The van der Waals surface area contributed by atoms with E-state index in [1.54, 1.807) is 36.8 Å². The second kappa shape index (κ2) is 11.6. The lowest BCUT2D eigenvalue weighted by molar-refractivity contribution is 0.506. The van der Waals surface area contributed by atoms with Gasteiger partial charge in [-0.05, 0) is 83.6 Å². The van der Waals surface area contributed by atoms with Gasteiger partial charge in [0.25, 0.3) is 12.5 Å². The number of benzene rings is 4. The van der Waals surface area contributed by atoms with Crippen molar-refractivity contribution in [1.29, 1.82) is 10.5 Å². The largest absolute Gasteiger partial charge is 0.388 e. The molecule has 0 amide bonds. The highest BCUT2D eigenvalue weighted by atomic mass is 16.5. The number of hydrogen-bond donors (Lipinski definition) is 0. The second-order valence-corrected chi connectivity index (χ2v) is 7.68. The van der Waals surface area contributed by atoms with Crippen LogP contribution in [0.3, 0.4) is 0 Å². The number of nitriles is 2. The molecule has 0 heterocycles. The molecule has 168 valence electrons. The highest BCUT2D eigenvalue weighted by molar-refractivity contribution is 5.58. The first-order chi connectivity index (χ1) is 17.2. The fraction of sp³-hybridized carbons (Fsp3) is 0.0690. The predicted octanol–water partition coefficient (Wildman–Crippen LogP) is 6.73. The van der Waals surface area contributed by atoms with Crippen molar-refractivity contribution in [2.45, 2.75) is 12.8 Å². The quantitative estimate of drug-likeness (QED) is 0.217. The van der Waals surface area contributed by atoms with Crippen molar-refractivity contribution >= 4 is 17.4 Å². The van der Waals surface area contributed by atoms with E-state index in [9.17, 15) is 0 Å². The molecule has 0 radical (unpaired) electrons. The molecule has 4 aromatic carbocycles. The van der Waals surface area contributed by atoms with Crippen LogP contribution < -0.4 is 9.47 Å². The first-order valence-corrected chi connectivity index (χ1v) is 10.9. The smallest absolute Gasteiger partial charge is 0.292 e. The van der Waals surface area contributed by atoms with E-state index in [0.29, 0.717) is 11.5 Å². The topological polar surface area (TPSA) is 90.8 Å². The highest BCUT2D eigenvalue weighted by Crippen LogP contribution is 2.20. The summed E-state index contributed by atoms with van der Waals surface area (Å²) in [5.41, 5.74) is 6.10. The van der Waals surface area contributed by atoms with Gasteiger partial charge in [0.2, 0.25) is 0 Å². The lowest BCUT2D eigenvalue weighted by atomic mass is 10.0. The third-order valence-electron chi connectivity index (χ3n) is 5.22. The molecule has 0 bridgehead atoms. The van der Waals surface area contributed by atoms with Crippen molar-refractivity contribution in [2.24, 2.45) is 9.98 Å². The predicted molar refractivity (Wildman–Crippen MR) is 133 cm³/mol. The number of ether oxygens (including phenoxy) is 2. The van der Waals surface area contributed by atoms with E-state index < -0.39 is 0 Å². The van der Waals surface area contributed by atoms with E-state index in [4.69, 9.17) is 20.0 Å². The van der Waals surface area contributed by atoms with Gasteiger partial charge in [0, 0.05) is 0 Å². The Morgan fingerprint density at radius 1 is 0.486 bits per heavy atom. The summed E-state index contributed by atoms with van der Waals surface area (Å²) in [6.07, 6.45) is 4.88. The van der Waals surface area contributed by atoms with Gasteiger partial charge in [-0.15, -0.1) is 10.5 Å². The maximum absolute atomic E-state index is 8.55. The van der Waals surface area contributed by atoms with Gasteiger partial charge in [-0.1, -0.05) is 48.5 Å². The summed E-state index contributed by atoms with van der Waals surface area (Å²) in [6.45, 7) is 0. The fourth-order valence-electron chi connectivity index (χ4n) is 3.44. The molecule has 0 aliphatic heterocycles.